The van der Waals surface area contributed by atoms with E-state index in [2.05, 4.69) is 17.9 Å². The molecule has 0 spiro atoms. The minimum absolute atomic E-state index is 0.426. The number of anilines is 1. The first-order chi connectivity index (χ1) is 8.99. The molecular weight excluding hydrogens is 296 g/mol. The molecule has 2 nitrogen and oxygen atoms in total. The summed E-state index contributed by atoms with van der Waals surface area (Å²) in [6.45, 7) is 2.85. The van der Waals surface area contributed by atoms with Gasteiger partial charge in [-0.1, -0.05) is 36.0 Å². The van der Waals surface area contributed by atoms with Crippen LogP contribution in [0.3, 0.4) is 0 Å². The summed E-state index contributed by atoms with van der Waals surface area (Å²) in [6.07, 6.45) is 0. The number of hydrogen-bond acceptors (Lipinski definition) is 3. The van der Waals surface area contributed by atoms with E-state index in [-0.39, 0.29) is 0 Å². The van der Waals surface area contributed by atoms with Crippen molar-refractivity contribution in [2.45, 2.75) is 13.5 Å². The number of thiocarbonyl (C=S) groups is 1. The molecule has 2 rings (SSSR count). The fraction of sp³-hybridized carbons (Fsp3) is 0.214. The molecule has 1 aromatic carbocycles. The average Bonchev–Trinajstić information content (AvgIpc) is 2.74. The largest absolute Gasteiger partial charge is 0.389 e. The lowest BCUT2D eigenvalue weighted by atomic mass is 10.1. The van der Waals surface area contributed by atoms with Crippen molar-refractivity contribution in [3.05, 3.63) is 50.7 Å². The molecule has 5 heteroatoms. The van der Waals surface area contributed by atoms with E-state index in [4.69, 9.17) is 29.6 Å². The van der Waals surface area contributed by atoms with Crippen LogP contribution < -0.4 is 10.6 Å². The van der Waals surface area contributed by atoms with Gasteiger partial charge in [0.2, 0.25) is 0 Å². The first-order valence-corrected chi connectivity index (χ1v) is 7.44. The highest BCUT2D eigenvalue weighted by Crippen LogP contribution is 2.28. The van der Waals surface area contributed by atoms with Gasteiger partial charge in [-0.05, 0) is 30.7 Å². The number of thiophene rings is 1. The van der Waals surface area contributed by atoms with Crippen LogP contribution in [0.15, 0.2) is 30.3 Å². The fourth-order valence-electron chi connectivity index (χ4n) is 2.11. The molecule has 0 fully saturated rings. The topological polar surface area (TPSA) is 29.3 Å². The van der Waals surface area contributed by atoms with Crippen LogP contribution in [0.5, 0.6) is 0 Å². The van der Waals surface area contributed by atoms with Gasteiger partial charge in [-0.25, -0.2) is 0 Å². The standard InChI is InChI=1S/C14H15ClN2S2/c1-9-4-3-5-11(14(16)18)13(9)17(2)8-10-6-7-12(15)19-10/h3-7H,8H2,1-2H3,(H2,16,18). The van der Waals surface area contributed by atoms with Gasteiger partial charge in [0, 0.05) is 23.2 Å². The minimum atomic E-state index is 0.426. The van der Waals surface area contributed by atoms with E-state index in [9.17, 15) is 0 Å². The third-order valence-electron chi connectivity index (χ3n) is 2.91. The lowest BCUT2D eigenvalue weighted by molar-refractivity contribution is 0.932. The normalized spacial score (nSPS) is 10.5. The number of nitrogens with zero attached hydrogens (tertiary/aromatic N) is 1. The molecule has 100 valence electrons. The lowest BCUT2D eigenvalue weighted by Crippen LogP contribution is -2.22. The van der Waals surface area contributed by atoms with Crippen molar-refractivity contribution in [1.82, 2.24) is 0 Å². The highest BCUT2D eigenvalue weighted by atomic mass is 35.5. The summed E-state index contributed by atoms with van der Waals surface area (Å²) in [5, 5.41) is 0. The first-order valence-electron chi connectivity index (χ1n) is 5.84. The third kappa shape index (κ3) is 3.26. The number of aryl methyl sites for hydroxylation is 1. The Morgan fingerprint density at radius 2 is 2.11 bits per heavy atom. The van der Waals surface area contributed by atoms with Crippen LogP contribution in [0.2, 0.25) is 4.34 Å². The van der Waals surface area contributed by atoms with Crippen molar-refractivity contribution in [3.8, 4) is 0 Å². The van der Waals surface area contributed by atoms with E-state index in [1.54, 1.807) is 11.3 Å². The lowest BCUT2D eigenvalue weighted by Gasteiger charge is -2.23. The van der Waals surface area contributed by atoms with Crippen LogP contribution in [-0.4, -0.2) is 12.0 Å². The number of benzene rings is 1. The van der Waals surface area contributed by atoms with E-state index < -0.39 is 0 Å². The average molecular weight is 311 g/mol. The molecule has 0 amide bonds. The molecule has 0 unspecified atom stereocenters. The van der Waals surface area contributed by atoms with Gasteiger partial charge in [-0.3, -0.25) is 0 Å². The molecular formula is C14H15ClN2S2. The van der Waals surface area contributed by atoms with Gasteiger partial charge in [-0.2, -0.15) is 0 Å². The molecule has 19 heavy (non-hydrogen) atoms. The van der Waals surface area contributed by atoms with Crippen LogP contribution in [0.25, 0.3) is 0 Å². The van der Waals surface area contributed by atoms with Crippen molar-refractivity contribution in [1.29, 1.82) is 0 Å². The van der Waals surface area contributed by atoms with E-state index in [0.717, 1.165) is 27.7 Å². The van der Waals surface area contributed by atoms with Crippen molar-refractivity contribution in [2.24, 2.45) is 5.73 Å². The quantitative estimate of drug-likeness (QED) is 0.866. The summed E-state index contributed by atoms with van der Waals surface area (Å²) >= 11 is 12.7. The predicted octanol–water partition coefficient (Wildman–Crippen LogP) is 3.98. The summed E-state index contributed by atoms with van der Waals surface area (Å²) in [5.41, 5.74) is 8.97. The molecule has 0 aliphatic rings. The maximum atomic E-state index is 5.96. The van der Waals surface area contributed by atoms with E-state index >= 15 is 0 Å². The second-order valence-electron chi connectivity index (χ2n) is 4.40. The molecule has 0 aliphatic carbocycles. The highest BCUT2D eigenvalue weighted by molar-refractivity contribution is 7.80. The summed E-state index contributed by atoms with van der Waals surface area (Å²) in [6, 6.07) is 9.96. The highest BCUT2D eigenvalue weighted by Gasteiger charge is 2.13. The Morgan fingerprint density at radius 1 is 1.37 bits per heavy atom. The molecule has 2 N–H and O–H groups in total. The van der Waals surface area contributed by atoms with Crippen LogP contribution in [0.1, 0.15) is 16.0 Å². The fourth-order valence-corrected chi connectivity index (χ4v) is 3.42. The maximum Gasteiger partial charge on any atom is 0.106 e. The monoisotopic (exact) mass is 310 g/mol. The number of halogens is 1. The van der Waals surface area contributed by atoms with Crippen LogP contribution in [-0.2, 0) is 6.54 Å². The summed E-state index contributed by atoms with van der Waals surface area (Å²) < 4.78 is 0.808. The summed E-state index contributed by atoms with van der Waals surface area (Å²) in [4.78, 5) is 3.80. The smallest absolute Gasteiger partial charge is 0.106 e. The Kier molecular flexibility index (Phi) is 4.45. The van der Waals surface area contributed by atoms with Crippen LogP contribution >= 0.6 is 35.2 Å². The Hall–Kier alpha value is -1.10. The van der Waals surface area contributed by atoms with Gasteiger partial charge in [0.1, 0.15) is 4.99 Å². The molecule has 1 aromatic heterocycles. The molecule has 0 saturated carbocycles. The Balaban J connectivity index is 2.32. The van der Waals surface area contributed by atoms with Gasteiger partial charge in [0.25, 0.3) is 0 Å². The number of hydrogen-bond donors (Lipinski definition) is 1. The van der Waals surface area contributed by atoms with E-state index in [1.807, 2.05) is 31.3 Å². The molecule has 2 aromatic rings. The summed E-state index contributed by atoms with van der Waals surface area (Å²) in [7, 11) is 2.04. The Labute approximate surface area is 127 Å². The van der Waals surface area contributed by atoms with Gasteiger partial charge < -0.3 is 10.6 Å². The van der Waals surface area contributed by atoms with Gasteiger partial charge in [-0.15, -0.1) is 11.3 Å². The van der Waals surface area contributed by atoms with Crippen molar-refractivity contribution < 1.29 is 0 Å². The molecule has 1 heterocycles. The second-order valence-corrected chi connectivity index (χ2v) is 6.64. The third-order valence-corrected chi connectivity index (χ3v) is 4.34. The molecule has 0 bridgehead atoms. The van der Waals surface area contributed by atoms with Gasteiger partial charge in [0.15, 0.2) is 0 Å². The van der Waals surface area contributed by atoms with Gasteiger partial charge in [0.05, 0.1) is 10.9 Å². The van der Waals surface area contributed by atoms with Crippen molar-refractivity contribution in [3.63, 3.8) is 0 Å². The zero-order valence-corrected chi connectivity index (χ0v) is 13.2. The minimum Gasteiger partial charge on any atom is -0.389 e. The maximum absolute atomic E-state index is 5.96. The predicted molar refractivity (Wildman–Crippen MR) is 88.5 cm³/mol. The van der Waals surface area contributed by atoms with Crippen LogP contribution in [0.4, 0.5) is 5.69 Å². The van der Waals surface area contributed by atoms with Crippen LogP contribution in [0, 0.1) is 6.92 Å². The number of para-hydroxylation sites is 1. The van der Waals surface area contributed by atoms with Crippen molar-refractivity contribution >= 4 is 45.8 Å². The SMILES string of the molecule is Cc1cccc(C(N)=S)c1N(C)Cc1ccc(Cl)s1. The first kappa shape index (κ1) is 14.3. The number of rotatable bonds is 4. The Morgan fingerprint density at radius 3 is 2.68 bits per heavy atom. The zero-order valence-electron chi connectivity index (χ0n) is 10.8. The second kappa shape index (κ2) is 5.90. The van der Waals surface area contributed by atoms with E-state index in [0.29, 0.717) is 4.99 Å². The summed E-state index contributed by atoms with van der Waals surface area (Å²) in [5.74, 6) is 0. The molecule has 0 saturated heterocycles. The van der Waals surface area contributed by atoms with Crippen molar-refractivity contribution in [2.75, 3.05) is 11.9 Å². The zero-order chi connectivity index (χ0) is 14.0. The number of nitrogens with two attached hydrogens (primary N) is 1. The molecule has 0 aliphatic heterocycles. The molecule has 0 atom stereocenters. The molecule has 0 radical (unpaired) electrons. The van der Waals surface area contributed by atoms with E-state index in [1.165, 1.54) is 4.88 Å². The van der Waals surface area contributed by atoms with Gasteiger partial charge >= 0.3 is 0 Å². The Bertz CT molecular complexity index is 607.